The van der Waals surface area contributed by atoms with Crippen molar-refractivity contribution in [3.8, 4) is 11.3 Å². The SMILES string of the molecule is Cc1nc2c(-c3cc(N)on3)cccc2s1. The van der Waals surface area contributed by atoms with Crippen molar-refractivity contribution in [1.82, 2.24) is 10.1 Å². The molecule has 2 N–H and O–H groups in total. The highest BCUT2D eigenvalue weighted by Crippen LogP contribution is 2.31. The van der Waals surface area contributed by atoms with Crippen LogP contribution in [-0.2, 0) is 0 Å². The highest BCUT2D eigenvalue weighted by Gasteiger charge is 2.11. The smallest absolute Gasteiger partial charge is 0.222 e. The molecule has 0 amide bonds. The van der Waals surface area contributed by atoms with Crippen LogP contribution in [0.3, 0.4) is 0 Å². The predicted octanol–water partition coefficient (Wildman–Crippen LogP) is 2.84. The Morgan fingerprint density at radius 1 is 1.38 bits per heavy atom. The molecule has 0 radical (unpaired) electrons. The van der Waals surface area contributed by atoms with E-state index in [2.05, 4.69) is 10.1 Å². The van der Waals surface area contributed by atoms with Crippen molar-refractivity contribution in [3.63, 3.8) is 0 Å². The van der Waals surface area contributed by atoms with Crippen molar-refractivity contribution in [2.75, 3.05) is 5.73 Å². The summed E-state index contributed by atoms with van der Waals surface area (Å²) in [5, 5.41) is 4.95. The molecule has 0 atom stereocenters. The molecule has 5 heteroatoms. The summed E-state index contributed by atoms with van der Waals surface area (Å²) < 4.78 is 6.03. The van der Waals surface area contributed by atoms with Crippen LogP contribution in [0.1, 0.15) is 5.01 Å². The zero-order valence-corrected chi connectivity index (χ0v) is 9.41. The summed E-state index contributed by atoms with van der Waals surface area (Å²) in [6.45, 7) is 1.99. The summed E-state index contributed by atoms with van der Waals surface area (Å²) in [6.07, 6.45) is 0. The molecule has 1 aromatic carbocycles. The molecule has 3 rings (SSSR count). The number of nitrogens with two attached hydrogens (primary N) is 1. The van der Waals surface area contributed by atoms with Crippen molar-refractivity contribution in [3.05, 3.63) is 29.3 Å². The van der Waals surface area contributed by atoms with Gasteiger partial charge in [0.15, 0.2) is 0 Å². The first-order valence-electron chi connectivity index (χ1n) is 4.83. The Hall–Kier alpha value is -1.88. The summed E-state index contributed by atoms with van der Waals surface area (Å²) in [5.74, 6) is 0.318. The third kappa shape index (κ3) is 1.37. The number of anilines is 1. The Morgan fingerprint density at radius 2 is 2.25 bits per heavy atom. The number of aromatic nitrogens is 2. The second kappa shape index (κ2) is 3.31. The molecule has 4 nitrogen and oxygen atoms in total. The summed E-state index contributed by atoms with van der Waals surface area (Å²) in [7, 11) is 0. The van der Waals surface area contributed by atoms with Gasteiger partial charge in [0.2, 0.25) is 5.88 Å². The monoisotopic (exact) mass is 231 g/mol. The van der Waals surface area contributed by atoms with Crippen LogP contribution in [-0.4, -0.2) is 10.1 Å². The van der Waals surface area contributed by atoms with Gasteiger partial charge in [-0.1, -0.05) is 17.3 Å². The number of para-hydroxylation sites is 1. The molecule has 2 aromatic heterocycles. The lowest BCUT2D eigenvalue weighted by molar-refractivity contribution is 0.439. The Kier molecular flexibility index (Phi) is 1.94. The quantitative estimate of drug-likeness (QED) is 0.699. The number of hydrogen-bond donors (Lipinski definition) is 1. The molecule has 0 fully saturated rings. The van der Waals surface area contributed by atoms with Gasteiger partial charge in [-0.15, -0.1) is 11.3 Å². The fraction of sp³-hybridized carbons (Fsp3) is 0.0909. The van der Waals surface area contributed by atoms with E-state index in [0.717, 1.165) is 26.5 Å². The minimum atomic E-state index is 0.318. The number of rotatable bonds is 1. The maximum atomic E-state index is 5.52. The van der Waals surface area contributed by atoms with Crippen molar-refractivity contribution in [1.29, 1.82) is 0 Å². The number of hydrogen-bond acceptors (Lipinski definition) is 5. The number of aryl methyl sites for hydroxylation is 1. The second-order valence-corrected chi connectivity index (χ2v) is 4.73. The van der Waals surface area contributed by atoms with E-state index in [0.29, 0.717) is 5.88 Å². The fourth-order valence-electron chi connectivity index (χ4n) is 1.68. The Labute approximate surface area is 95.7 Å². The molecular weight excluding hydrogens is 222 g/mol. The Balaban J connectivity index is 2.30. The first-order chi connectivity index (χ1) is 7.74. The fourth-order valence-corrected chi connectivity index (χ4v) is 2.54. The van der Waals surface area contributed by atoms with Gasteiger partial charge in [-0.2, -0.15) is 0 Å². The Morgan fingerprint density at radius 3 is 3.00 bits per heavy atom. The normalized spacial score (nSPS) is 11.1. The van der Waals surface area contributed by atoms with Crippen LogP contribution in [0.2, 0.25) is 0 Å². The van der Waals surface area contributed by atoms with Gasteiger partial charge in [0.25, 0.3) is 0 Å². The maximum Gasteiger partial charge on any atom is 0.222 e. The lowest BCUT2D eigenvalue weighted by atomic mass is 10.1. The molecule has 16 heavy (non-hydrogen) atoms. The number of fused-ring (bicyclic) bond motifs is 1. The summed E-state index contributed by atoms with van der Waals surface area (Å²) >= 11 is 1.67. The lowest BCUT2D eigenvalue weighted by Crippen LogP contribution is -1.80. The number of nitrogen functional groups attached to an aromatic ring is 1. The highest BCUT2D eigenvalue weighted by atomic mass is 32.1. The third-order valence-electron chi connectivity index (χ3n) is 2.33. The van der Waals surface area contributed by atoms with Crippen LogP contribution in [0.5, 0.6) is 0 Å². The minimum absolute atomic E-state index is 0.318. The molecule has 0 unspecified atom stereocenters. The van der Waals surface area contributed by atoms with Gasteiger partial charge in [-0.25, -0.2) is 4.98 Å². The van der Waals surface area contributed by atoms with Crippen LogP contribution in [0.4, 0.5) is 5.88 Å². The van der Waals surface area contributed by atoms with E-state index in [9.17, 15) is 0 Å². The molecule has 0 aliphatic carbocycles. The van der Waals surface area contributed by atoms with E-state index in [1.165, 1.54) is 0 Å². The summed E-state index contributed by atoms with van der Waals surface area (Å²) in [5.41, 5.74) is 8.17. The molecule has 0 aliphatic heterocycles. The van der Waals surface area contributed by atoms with Crippen molar-refractivity contribution < 1.29 is 4.52 Å². The number of thiazole rings is 1. The van der Waals surface area contributed by atoms with Gasteiger partial charge >= 0.3 is 0 Å². The molecule has 0 saturated heterocycles. The molecule has 80 valence electrons. The van der Waals surface area contributed by atoms with E-state index in [1.54, 1.807) is 17.4 Å². The van der Waals surface area contributed by atoms with Gasteiger partial charge in [-0.3, -0.25) is 0 Å². The first kappa shape index (κ1) is 9.35. The predicted molar refractivity (Wildman–Crippen MR) is 64.3 cm³/mol. The topological polar surface area (TPSA) is 64.9 Å². The van der Waals surface area contributed by atoms with Gasteiger partial charge in [0.1, 0.15) is 5.69 Å². The van der Waals surface area contributed by atoms with E-state index in [-0.39, 0.29) is 0 Å². The van der Waals surface area contributed by atoms with Gasteiger partial charge in [0.05, 0.1) is 15.2 Å². The second-order valence-electron chi connectivity index (χ2n) is 3.50. The molecule has 0 bridgehead atoms. The van der Waals surface area contributed by atoms with Gasteiger partial charge in [-0.05, 0) is 13.0 Å². The Bertz CT molecular complexity index is 656. The average molecular weight is 231 g/mol. The van der Waals surface area contributed by atoms with E-state index >= 15 is 0 Å². The third-order valence-corrected chi connectivity index (χ3v) is 3.27. The van der Waals surface area contributed by atoms with Crippen molar-refractivity contribution >= 4 is 27.4 Å². The van der Waals surface area contributed by atoms with Crippen molar-refractivity contribution in [2.45, 2.75) is 6.92 Å². The van der Waals surface area contributed by atoms with Crippen LogP contribution in [0.15, 0.2) is 28.8 Å². The molecule has 3 aromatic rings. The molecule has 0 spiro atoms. The lowest BCUT2D eigenvalue weighted by Gasteiger charge is -1.95. The van der Waals surface area contributed by atoms with Crippen LogP contribution in [0, 0.1) is 6.92 Å². The zero-order valence-electron chi connectivity index (χ0n) is 8.60. The number of nitrogens with zero attached hydrogens (tertiary/aromatic N) is 2. The zero-order chi connectivity index (χ0) is 11.1. The van der Waals surface area contributed by atoms with Crippen LogP contribution >= 0.6 is 11.3 Å². The molecular formula is C11H9N3OS. The van der Waals surface area contributed by atoms with E-state index in [4.69, 9.17) is 10.3 Å². The molecule has 0 aliphatic rings. The van der Waals surface area contributed by atoms with Gasteiger partial charge < -0.3 is 10.3 Å². The average Bonchev–Trinajstić information content (AvgIpc) is 2.82. The summed E-state index contributed by atoms with van der Waals surface area (Å²) in [4.78, 5) is 4.49. The van der Waals surface area contributed by atoms with Crippen LogP contribution < -0.4 is 5.73 Å². The number of benzene rings is 1. The largest absolute Gasteiger partial charge is 0.368 e. The highest BCUT2D eigenvalue weighted by molar-refractivity contribution is 7.18. The standard InChI is InChI=1S/C11H9N3OS/c1-6-13-11-7(3-2-4-9(11)16-6)8-5-10(12)15-14-8/h2-5H,12H2,1H3. The molecule has 0 saturated carbocycles. The first-order valence-corrected chi connectivity index (χ1v) is 5.64. The maximum absolute atomic E-state index is 5.52. The minimum Gasteiger partial charge on any atom is -0.368 e. The van der Waals surface area contributed by atoms with E-state index in [1.807, 2.05) is 25.1 Å². The summed E-state index contributed by atoms with van der Waals surface area (Å²) in [6, 6.07) is 7.72. The van der Waals surface area contributed by atoms with Gasteiger partial charge in [0, 0.05) is 11.6 Å². The van der Waals surface area contributed by atoms with E-state index < -0.39 is 0 Å². The molecule has 2 heterocycles. The van der Waals surface area contributed by atoms with Crippen LogP contribution in [0.25, 0.3) is 21.5 Å². The van der Waals surface area contributed by atoms with Crippen molar-refractivity contribution in [2.24, 2.45) is 0 Å².